The average molecular weight is 171 g/mol. The number of benzene rings is 1. The molecule has 0 unspecified atom stereocenters. The first-order valence-electron chi connectivity index (χ1n) is 3.22. The van der Waals surface area contributed by atoms with Crippen LogP contribution in [0.25, 0.3) is 0 Å². The highest BCUT2D eigenvalue weighted by Crippen LogP contribution is 2.24. The van der Waals surface area contributed by atoms with Crippen LogP contribution in [-0.2, 0) is 6.54 Å². The van der Waals surface area contributed by atoms with Crippen LogP contribution in [0.4, 0.5) is 0 Å². The van der Waals surface area contributed by atoms with Crippen molar-refractivity contribution in [3.8, 4) is 5.75 Å². The third kappa shape index (κ3) is 1.85. The van der Waals surface area contributed by atoms with E-state index in [2.05, 4.69) is 6.07 Å². The van der Waals surface area contributed by atoms with Crippen LogP contribution in [0.1, 0.15) is 5.56 Å². The molecule has 0 aromatic heterocycles. The molecule has 0 fully saturated rings. The number of nitrogens with two attached hydrogens (primary N) is 1. The molecule has 59 valence electrons. The summed E-state index contributed by atoms with van der Waals surface area (Å²) in [5.74, 6) is 0.644. The van der Waals surface area contributed by atoms with E-state index in [1.54, 1.807) is 19.2 Å². The van der Waals surface area contributed by atoms with Crippen molar-refractivity contribution in [2.45, 2.75) is 6.54 Å². The second-order valence-electron chi connectivity index (χ2n) is 2.08. The van der Waals surface area contributed by atoms with Gasteiger partial charge in [-0.05, 0) is 23.8 Å². The molecule has 0 aliphatic rings. The Labute approximate surface area is 70.9 Å². The lowest BCUT2D eigenvalue weighted by Gasteiger charge is -2.03. The molecule has 1 rings (SSSR count). The fraction of sp³-hybridized carbons (Fsp3) is 0.250. The molecule has 0 amide bonds. The molecule has 1 aromatic rings. The summed E-state index contributed by atoms with van der Waals surface area (Å²) in [5, 5.41) is 0.560. The van der Waals surface area contributed by atoms with Gasteiger partial charge in [0.1, 0.15) is 5.75 Å². The van der Waals surface area contributed by atoms with Gasteiger partial charge in [0, 0.05) is 6.54 Å². The molecule has 0 atom stereocenters. The maximum absolute atomic E-state index is 5.76. The second kappa shape index (κ2) is 3.60. The van der Waals surface area contributed by atoms with Crippen molar-refractivity contribution in [3.05, 3.63) is 28.8 Å². The van der Waals surface area contributed by atoms with Crippen LogP contribution < -0.4 is 10.5 Å². The summed E-state index contributed by atoms with van der Waals surface area (Å²) < 4.78 is 4.98. The van der Waals surface area contributed by atoms with Crippen LogP contribution >= 0.6 is 11.6 Å². The first-order valence-corrected chi connectivity index (χ1v) is 3.60. The van der Waals surface area contributed by atoms with Gasteiger partial charge < -0.3 is 10.5 Å². The lowest BCUT2D eigenvalue weighted by molar-refractivity contribution is 0.414. The molecule has 2 nitrogen and oxygen atoms in total. The maximum atomic E-state index is 5.76. The highest BCUT2D eigenvalue weighted by molar-refractivity contribution is 6.32. The van der Waals surface area contributed by atoms with Gasteiger partial charge in [0.05, 0.1) is 12.1 Å². The van der Waals surface area contributed by atoms with Crippen LogP contribution in [-0.4, -0.2) is 7.11 Å². The molecule has 11 heavy (non-hydrogen) atoms. The SMILES string of the molecule is COc1cc(CN)[c]cc1Cl. The third-order valence-electron chi connectivity index (χ3n) is 1.36. The van der Waals surface area contributed by atoms with Gasteiger partial charge in [-0.3, -0.25) is 0 Å². The molecular weight excluding hydrogens is 162 g/mol. The number of ether oxygens (including phenoxy) is 1. The molecule has 0 saturated carbocycles. The first kappa shape index (κ1) is 8.37. The van der Waals surface area contributed by atoms with Crippen molar-refractivity contribution < 1.29 is 4.74 Å². The first-order chi connectivity index (χ1) is 5.27. The van der Waals surface area contributed by atoms with Crippen molar-refractivity contribution in [1.82, 2.24) is 0 Å². The summed E-state index contributed by atoms with van der Waals surface area (Å²) in [6.07, 6.45) is 0. The number of methoxy groups -OCH3 is 1. The van der Waals surface area contributed by atoms with Crippen molar-refractivity contribution in [1.29, 1.82) is 0 Å². The topological polar surface area (TPSA) is 35.2 Å². The molecule has 1 aromatic carbocycles. The van der Waals surface area contributed by atoms with E-state index < -0.39 is 0 Å². The van der Waals surface area contributed by atoms with E-state index in [-0.39, 0.29) is 0 Å². The standard InChI is InChI=1S/C8H9ClNO/c1-11-8-4-6(5-10)2-3-7(8)9/h3-4H,5,10H2,1H3. The van der Waals surface area contributed by atoms with Gasteiger partial charge in [-0.15, -0.1) is 0 Å². The second-order valence-corrected chi connectivity index (χ2v) is 2.49. The van der Waals surface area contributed by atoms with Crippen LogP contribution in [0, 0.1) is 6.07 Å². The largest absolute Gasteiger partial charge is 0.495 e. The Kier molecular flexibility index (Phi) is 2.74. The summed E-state index contributed by atoms with van der Waals surface area (Å²) in [6, 6.07) is 6.36. The van der Waals surface area contributed by atoms with Gasteiger partial charge in [0.25, 0.3) is 0 Å². The summed E-state index contributed by atoms with van der Waals surface area (Å²) in [6.45, 7) is 0.452. The summed E-state index contributed by atoms with van der Waals surface area (Å²) >= 11 is 5.76. The van der Waals surface area contributed by atoms with E-state index in [0.29, 0.717) is 17.3 Å². The highest BCUT2D eigenvalue weighted by atomic mass is 35.5. The zero-order valence-corrected chi connectivity index (χ0v) is 6.98. The molecule has 0 heterocycles. The lowest BCUT2D eigenvalue weighted by atomic mass is 10.2. The lowest BCUT2D eigenvalue weighted by Crippen LogP contribution is -1.96. The Bertz CT molecular complexity index is 250. The molecule has 0 saturated heterocycles. The molecule has 1 radical (unpaired) electrons. The van der Waals surface area contributed by atoms with Gasteiger partial charge in [-0.25, -0.2) is 0 Å². The minimum absolute atomic E-state index is 0.452. The molecule has 2 N–H and O–H groups in total. The fourth-order valence-electron chi connectivity index (χ4n) is 0.770. The smallest absolute Gasteiger partial charge is 0.137 e. The molecule has 3 heteroatoms. The number of hydrogen-bond donors (Lipinski definition) is 1. The minimum atomic E-state index is 0.452. The van der Waals surface area contributed by atoms with Crippen LogP contribution in [0.15, 0.2) is 12.1 Å². The number of halogens is 1. The molecular formula is C8H9ClNO. The van der Waals surface area contributed by atoms with Crippen molar-refractivity contribution in [2.75, 3.05) is 7.11 Å². The summed E-state index contributed by atoms with van der Waals surface area (Å²) in [7, 11) is 1.57. The maximum Gasteiger partial charge on any atom is 0.137 e. The van der Waals surface area contributed by atoms with Crippen molar-refractivity contribution >= 4 is 11.6 Å². The fourth-order valence-corrected chi connectivity index (χ4v) is 0.957. The molecule has 0 bridgehead atoms. The van der Waals surface area contributed by atoms with Gasteiger partial charge in [-0.1, -0.05) is 11.6 Å². The normalized spacial score (nSPS) is 9.73. The Hall–Kier alpha value is -0.730. The van der Waals surface area contributed by atoms with Crippen molar-refractivity contribution in [2.24, 2.45) is 5.73 Å². The molecule has 0 aliphatic carbocycles. The zero-order valence-electron chi connectivity index (χ0n) is 6.23. The molecule has 0 spiro atoms. The summed E-state index contributed by atoms with van der Waals surface area (Å²) in [4.78, 5) is 0. The van der Waals surface area contributed by atoms with Crippen LogP contribution in [0.5, 0.6) is 5.75 Å². The van der Waals surface area contributed by atoms with Crippen LogP contribution in [0.3, 0.4) is 0 Å². The number of rotatable bonds is 2. The van der Waals surface area contributed by atoms with Gasteiger partial charge in [0.15, 0.2) is 0 Å². The van der Waals surface area contributed by atoms with E-state index >= 15 is 0 Å². The van der Waals surface area contributed by atoms with E-state index in [0.717, 1.165) is 5.56 Å². The Morgan fingerprint density at radius 3 is 3.00 bits per heavy atom. The summed E-state index contributed by atoms with van der Waals surface area (Å²) in [5.41, 5.74) is 6.29. The average Bonchev–Trinajstić information content (AvgIpc) is 2.05. The van der Waals surface area contributed by atoms with E-state index in [1.165, 1.54) is 0 Å². The predicted molar refractivity (Wildman–Crippen MR) is 44.7 cm³/mol. The van der Waals surface area contributed by atoms with E-state index in [1.807, 2.05) is 0 Å². The number of hydrogen-bond acceptors (Lipinski definition) is 2. The Morgan fingerprint density at radius 1 is 1.73 bits per heavy atom. The quantitative estimate of drug-likeness (QED) is 0.732. The highest BCUT2D eigenvalue weighted by Gasteiger charge is 1.99. The van der Waals surface area contributed by atoms with Gasteiger partial charge in [0.2, 0.25) is 0 Å². The molecule has 0 aliphatic heterocycles. The zero-order chi connectivity index (χ0) is 8.27. The van der Waals surface area contributed by atoms with Gasteiger partial charge >= 0.3 is 0 Å². The van der Waals surface area contributed by atoms with Crippen LogP contribution in [0.2, 0.25) is 5.02 Å². The van der Waals surface area contributed by atoms with Gasteiger partial charge in [-0.2, -0.15) is 0 Å². The van der Waals surface area contributed by atoms with E-state index in [9.17, 15) is 0 Å². The monoisotopic (exact) mass is 170 g/mol. The Balaban J connectivity index is 3.02. The predicted octanol–water partition coefficient (Wildman–Crippen LogP) is 1.61. The van der Waals surface area contributed by atoms with Crippen molar-refractivity contribution in [3.63, 3.8) is 0 Å². The minimum Gasteiger partial charge on any atom is -0.495 e. The third-order valence-corrected chi connectivity index (χ3v) is 1.66. The van der Waals surface area contributed by atoms with E-state index in [4.69, 9.17) is 22.1 Å². The Morgan fingerprint density at radius 2 is 2.45 bits per heavy atom.